The molecule has 2 atom stereocenters. The van der Waals surface area contributed by atoms with E-state index in [1.165, 1.54) is 0 Å². The van der Waals surface area contributed by atoms with Crippen LogP contribution in [0.5, 0.6) is 0 Å². The maximum Gasteiger partial charge on any atom is 0.490 e. The van der Waals surface area contributed by atoms with Crippen LogP contribution >= 0.6 is 0 Å². The van der Waals surface area contributed by atoms with Crippen molar-refractivity contribution in [2.24, 2.45) is 13.0 Å². The van der Waals surface area contributed by atoms with Crippen molar-refractivity contribution in [2.75, 3.05) is 13.1 Å². The van der Waals surface area contributed by atoms with Crippen molar-refractivity contribution in [3.05, 3.63) is 54.1 Å². The Morgan fingerprint density at radius 1 is 1.10 bits per heavy atom. The van der Waals surface area contributed by atoms with Crippen molar-refractivity contribution in [2.45, 2.75) is 12.1 Å². The van der Waals surface area contributed by atoms with Crippen LogP contribution in [-0.2, 0) is 16.6 Å². The Balaban J connectivity index is 0.000000370. The summed E-state index contributed by atoms with van der Waals surface area (Å²) in [5.41, 5.74) is 1.30. The van der Waals surface area contributed by atoms with E-state index in [9.17, 15) is 27.9 Å². The van der Waals surface area contributed by atoms with Crippen LogP contribution in [0.4, 0.5) is 13.2 Å². The van der Waals surface area contributed by atoms with E-state index >= 15 is 0 Å². The minimum absolute atomic E-state index is 0.189. The molecular formula is C18H18F3N3O5. The molecule has 2 N–H and O–H groups in total. The predicted molar refractivity (Wildman–Crippen MR) is 93.1 cm³/mol. The molecule has 0 saturated carbocycles. The third kappa shape index (κ3) is 5.56. The van der Waals surface area contributed by atoms with Gasteiger partial charge in [0, 0.05) is 32.3 Å². The second-order valence-electron chi connectivity index (χ2n) is 6.40. The molecular weight excluding hydrogens is 395 g/mol. The lowest BCUT2D eigenvalue weighted by atomic mass is 9.89. The van der Waals surface area contributed by atoms with E-state index < -0.39 is 24.0 Å². The van der Waals surface area contributed by atoms with Gasteiger partial charge in [0.05, 0.1) is 12.2 Å². The second-order valence-corrected chi connectivity index (χ2v) is 6.40. The number of carbonyl (C=O) groups excluding carboxylic acids is 1. The third-order valence-electron chi connectivity index (χ3n) is 4.32. The number of imidazole rings is 1. The maximum atomic E-state index is 12.5. The van der Waals surface area contributed by atoms with Crippen LogP contribution in [-0.4, -0.2) is 61.8 Å². The number of rotatable bonds is 3. The summed E-state index contributed by atoms with van der Waals surface area (Å²) in [6.07, 6.45) is -1.87. The van der Waals surface area contributed by atoms with E-state index in [1.807, 2.05) is 30.3 Å². The standard InChI is InChI=1S/C16H17N3O3.C2HF3O2/c1-18-9-14(17-10-18)15(20)19-7-12(13(8-19)16(21)22)11-5-3-2-4-6-11;3-2(4,5)1(6)7/h2-6,9-10,12-13H,7-8H2,1H3,(H,21,22);(H,6,7)/t12-,13+;/m1./s1. The number of hydrogen-bond donors (Lipinski definition) is 2. The topological polar surface area (TPSA) is 113 Å². The lowest BCUT2D eigenvalue weighted by Gasteiger charge is -2.15. The number of likely N-dealkylation sites (tertiary alicyclic amines) is 1. The molecule has 0 spiro atoms. The predicted octanol–water partition coefficient (Wildman–Crippen LogP) is 1.99. The Morgan fingerprint density at radius 2 is 1.69 bits per heavy atom. The Kier molecular flexibility index (Phi) is 6.62. The van der Waals surface area contributed by atoms with Gasteiger partial charge in [-0.3, -0.25) is 9.59 Å². The van der Waals surface area contributed by atoms with Gasteiger partial charge in [0.25, 0.3) is 5.91 Å². The van der Waals surface area contributed by atoms with Crippen molar-refractivity contribution >= 4 is 17.8 Å². The summed E-state index contributed by atoms with van der Waals surface area (Å²) in [4.78, 5) is 38.5. The Labute approximate surface area is 163 Å². The number of carbonyl (C=O) groups is 3. The van der Waals surface area contributed by atoms with Crippen LogP contribution in [0.1, 0.15) is 22.0 Å². The SMILES string of the molecule is Cn1cnc(C(=O)N2C[C@H](C(=O)O)[C@@H](c3ccccc3)C2)c1.O=C(O)C(F)(F)F. The molecule has 0 radical (unpaired) electrons. The molecule has 1 aliphatic heterocycles. The molecule has 11 heteroatoms. The summed E-state index contributed by atoms with van der Waals surface area (Å²) in [7, 11) is 1.79. The molecule has 1 saturated heterocycles. The zero-order valence-electron chi connectivity index (χ0n) is 15.2. The first kappa shape index (κ1) is 21.9. The largest absolute Gasteiger partial charge is 0.490 e. The van der Waals surface area contributed by atoms with Crippen LogP contribution in [0.2, 0.25) is 0 Å². The quantitative estimate of drug-likeness (QED) is 0.796. The van der Waals surface area contributed by atoms with Gasteiger partial charge in [0.2, 0.25) is 0 Å². The molecule has 29 heavy (non-hydrogen) atoms. The molecule has 1 aliphatic rings. The number of benzene rings is 1. The maximum absolute atomic E-state index is 12.5. The Morgan fingerprint density at radius 3 is 2.14 bits per heavy atom. The Hall–Kier alpha value is -3.37. The van der Waals surface area contributed by atoms with Gasteiger partial charge in [-0.05, 0) is 5.56 Å². The second kappa shape index (κ2) is 8.76. The van der Waals surface area contributed by atoms with Crippen molar-refractivity contribution < 1.29 is 37.8 Å². The summed E-state index contributed by atoms with van der Waals surface area (Å²) in [6.45, 7) is 0.612. The van der Waals surface area contributed by atoms with Crippen LogP contribution in [0, 0.1) is 5.92 Å². The number of halogens is 3. The van der Waals surface area contributed by atoms with Gasteiger partial charge in [-0.25, -0.2) is 9.78 Å². The van der Waals surface area contributed by atoms with E-state index in [0.717, 1.165) is 5.56 Å². The molecule has 0 unspecified atom stereocenters. The number of nitrogens with zero attached hydrogens (tertiary/aromatic N) is 3. The molecule has 1 fully saturated rings. The number of amides is 1. The van der Waals surface area contributed by atoms with E-state index in [4.69, 9.17) is 9.90 Å². The number of hydrogen-bond acceptors (Lipinski definition) is 4. The summed E-state index contributed by atoms with van der Waals surface area (Å²) in [5, 5.41) is 16.6. The van der Waals surface area contributed by atoms with Gasteiger partial charge in [-0.1, -0.05) is 30.3 Å². The molecule has 1 aromatic heterocycles. The average molecular weight is 413 g/mol. The number of aryl methyl sites for hydroxylation is 1. The van der Waals surface area contributed by atoms with Crippen LogP contribution in [0.3, 0.4) is 0 Å². The Bertz CT molecular complexity index is 882. The van der Waals surface area contributed by atoms with Gasteiger partial charge in [-0.2, -0.15) is 13.2 Å². The van der Waals surface area contributed by atoms with E-state index in [2.05, 4.69) is 4.98 Å². The highest BCUT2D eigenvalue weighted by Gasteiger charge is 2.41. The summed E-state index contributed by atoms with van der Waals surface area (Å²) in [5.74, 6) is -4.62. The molecule has 0 aliphatic carbocycles. The van der Waals surface area contributed by atoms with Crippen LogP contribution in [0.25, 0.3) is 0 Å². The molecule has 3 rings (SSSR count). The highest BCUT2D eigenvalue weighted by atomic mass is 19.4. The molecule has 2 heterocycles. The lowest BCUT2D eigenvalue weighted by molar-refractivity contribution is -0.192. The fourth-order valence-corrected chi connectivity index (χ4v) is 2.94. The van der Waals surface area contributed by atoms with Gasteiger partial charge in [-0.15, -0.1) is 0 Å². The number of carboxylic acid groups (broad SMARTS) is 2. The van der Waals surface area contributed by atoms with Crippen molar-refractivity contribution in [1.82, 2.24) is 14.5 Å². The number of alkyl halides is 3. The smallest absolute Gasteiger partial charge is 0.481 e. The first-order valence-electron chi connectivity index (χ1n) is 8.35. The van der Waals surface area contributed by atoms with Crippen molar-refractivity contribution in [1.29, 1.82) is 0 Å². The normalized spacial score (nSPS) is 18.7. The first-order chi connectivity index (χ1) is 13.5. The number of carboxylic acids is 2. The fraction of sp³-hybridized carbons (Fsp3) is 0.333. The summed E-state index contributed by atoms with van der Waals surface area (Å²) < 4.78 is 33.4. The lowest BCUT2D eigenvalue weighted by Crippen LogP contribution is -2.30. The zero-order chi connectivity index (χ0) is 21.8. The molecule has 156 valence electrons. The monoisotopic (exact) mass is 413 g/mol. The summed E-state index contributed by atoms with van der Waals surface area (Å²) in [6, 6.07) is 9.49. The number of aromatic nitrogens is 2. The van der Waals surface area contributed by atoms with E-state index in [1.54, 1.807) is 29.0 Å². The molecule has 1 amide bonds. The highest BCUT2D eigenvalue weighted by Crippen LogP contribution is 2.33. The zero-order valence-corrected chi connectivity index (χ0v) is 15.2. The van der Waals surface area contributed by atoms with Crippen LogP contribution in [0.15, 0.2) is 42.9 Å². The van der Waals surface area contributed by atoms with E-state index in [-0.39, 0.29) is 18.4 Å². The summed E-state index contributed by atoms with van der Waals surface area (Å²) >= 11 is 0. The van der Waals surface area contributed by atoms with Crippen molar-refractivity contribution in [3.8, 4) is 0 Å². The molecule has 2 aromatic rings. The minimum atomic E-state index is -5.08. The fourth-order valence-electron chi connectivity index (χ4n) is 2.94. The van der Waals surface area contributed by atoms with Crippen molar-refractivity contribution in [3.63, 3.8) is 0 Å². The minimum Gasteiger partial charge on any atom is -0.481 e. The van der Waals surface area contributed by atoms with Gasteiger partial charge >= 0.3 is 18.1 Å². The van der Waals surface area contributed by atoms with Gasteiger partial charge in [0.15, 0.2) is 0 Å². The van der Waals surface area contributed by atoms with Gasteiger partial charge < -0.3 is 19.7 Å². The average Bonchev–Trinajstić information content (AvgIpc) is 3.28. The molecule has 0 bridgehead atoms. The third-order valence-corrected chi connectivity index (χ3v) is 4.32. The van der Waals surface area contributed by atoms with Gasteiger partial charge in [0.1, 0.15) is 5.69 Å². The van der Waals surface area contributed by atoms with E-state index in [0.29, 0.717) is 12.2 Å². The highest BCUT2D eigenvalue weighted by molar-refractivity contribution is 5.93. The molecule has 1 aromatic carbocycles. The molecule has 8 nitrogen and oxygen atoms in total. The first-order valence-corrected chi connectivity index (χ1v) is 8.35. The number of aliphatic carboxylic acids is 2. The van der Waals surface area contributed by atoms with Crippen LogP contribution < -0.4 is 0 Å².